The van der Waals surface area contributed by atoms with E-state index in [1.54, 1.807) is 25.3 Å². The van der Waals surface area contributed by atoms with Gasteiger partial charge >= 0.3 is 0 Å². The SMILES string of the molecule is COCCC1COC(c2ccc3c(F)c(CCc4ccc(Cl)c(F)c4)ccc3c2)OC1. The molecule has 0 unspecified atom stereocenters. The largest absolute Gasteiger partial charge is 0.385 e. The average Bonchev–Trinajstić information content (AvgIpc) is 2.79. The van der Waals surface area contributed by atoms with Crippen molar-refractivity contribution in [3.63, 3.8) is 0 Å². The molecule has 3 nitrogen and oxygen atoms in total. The Balaban J connectivity index is 1.45. The number of methoxy groups -OCH3 is 1. The minimum Gasteiger partial charge on any atom is -0.385 e. The van der Waals surface area contributed by atoms with Crippen molar-refractivity contribution < 1.29 is 23.0 Å². The molecule has 1 heterocycles. The number of hydrogen-bond acceptors (Lipinski definition) is 3. The fourth-order valence-electron chi connectivity index (χ4n) is 3.86. The van der Waals surface area contributed by atoms with Gasteiger partial charge in [0.2, 0.25) is 0 Å². The lowest BCUT2D eigenvalue weighted by molar-refractivity contribution is -0.207. The Morgan fingerprint density at radius 1 is 1.00 bits per heavy atom. The third-order valence-corrected chi connectivity index (χ3v) is 6.00. The Bertz CT molecular complexity index is 1050. The Labute approximate surface area is 185 Å². The predicted octanol–water partition coefficient (Wildman–Crippen LogP) is 6.25. The van der Waals surface area contributed by atoms with Crippen LogP contribution in [0.15, 0.2) is 48.5 Å². The van der Waals surface area contributed by atoms with E-state index in [2.05, 4.69) is 0 Å². The maximum absolute atomic E-state index is 15.1. The summed E-state index contributed by atoms with van der Waals surface area (Å²) in [6.07, 6.45) is 1.47. The number of aryl methyl sites for hydroxylation is 2. The van der Waals surface area contributed by atoms with Crippen molar-refractivity contribution >= 4 is 22.4 Å². The van der Waals surface area contributed by atoms with E-state index in [1.165, 1.54) is 12.1 Å². The van der Waals surface area contributed by atoms with Gasteiger partial charge in [0.05, 0.1) is 18.2 Å². The molecule has 164 valence electrons. The fourth-order valence-corrected chi connectivity index (χ4v) is 3.97. The summed E-state index contributed by atoms with van der Waals surface area (Å²) in [5, 5.41) is 1.44. The highest BCUT2D eigenvalue weighted by molar-refractivity contribution is 6.30. The molecule has 3 aromatic rings. The molecule has 0 spiro atoms. The van der Waals surface area contributed by atoms with Gasteiger partial charge in [-0.3, -0.25) is 0 Å². The first-order chi connectivity index (χ1) is 15.0. The van der Waals surface area contributed by atoms with Crippen molar-refractivity contribution in [2.24, 2.45) is 5.92 Å². The first kappa shape index (κ1) is 22.2. The minimum atomic E-state index is -0.456. The smallest absolute Gasteiger partial charge is 0.183 e. The summed E-state index contributed by atoms with van der Waals surface area (Å²) in [4.78, 5) is 0. The van der Waals surface area contributed by atoms with E-state index in [0.717, 1.165) is 22.9 Å². The van der Waals surface area contributed by atoms with Crippen LogP contribution in [0.2, 0.25) is 5.02 Å². The summed E-state index contributed by atoms with van der Waals surface area (Å²) < 4.78 is 45.6. The first-order valence-electron chi connectivity index (χ1n) is 10.4. The molecule has 0 atom stereocenters. The van der Waals surface area contributed by atoms with Crippen LogP contribution in [0.4, 0.5) is 8.78 Å². The highest BCUT2D eigenvalue weighted by atomic mass is 35.5. The van der Waals surface area contributed by atoms with Crippen molar-refractivity contribution in [1.29, 1.82) is 0 Å². The van der Waals surface area contributed by atoms with Crippen molar-refractivity contribution in [3.05, 3.63) is 81.9 Å². The van der Waals surface area contributed by atoms with E-state index in [4.69, 9.17) is 25.8 Å². The zero-order valence-electron chi connectivity index (χ0n) is 17.4. The molecule has 0 aromatic heterocycles. The summed E-state index contributed by atoms with van der Waals surface area (Å²) in [7, 11) is 1.68. The monoisotopic (exact) mass is 446 g/mol. The molecule has 0 radical (unpaired) electrons. The Morgan fingerprint density at radius 3 is 2.55 bits per heavy atom. The summed E-state index contributed by atoms with van der Waals surface area (Å²) in [5.41, 5.74) is 2.26. The number of benzene rings is 3. The van der Waals surface area contributed by atoms with E-state index in [-0.39, 0.29) is 10.8 Å². The van der Waals surface area contributed by atoms with Gasteiger partial charge < -0.3 is 14.2 Å². The van der Waals surface area contributed by atoms with Gasteiger partial charge in [0.15, 0.2) is 6.29 Å². The molecule has 1 aliphatic heterocycles. The second kappa shape index (κ2) is 10.0. The highest BCUT2D eigenvalue weighted by Gasteiger charge is 2.24. The number of hydrogen-bond donors (Lipinski definition) is 0. The van der Waals surface area contributed by atoms with Crippen LogP contribution in [-0.2, 0) is 27.1 Å². The van der Waals surface area contributed by atoms with E-state index in [9.17, 15) is 4.39 Å². The second-order valence-corrected chi connectivity index (χ2v) is 8.32. The normalized spacial score (nSPS) is 19.1. The van der Waals surface area contributed by atoms with Crippen LogP contribution in [0.5, 0.6) is 0 Å². The second-order valence-electron chi connectivity index (χ2n) is 7.91. The lowest BCUT2D eigenvalue weighted by Crippen LogP contribution is -2.27. The maximum Gasteiger partial charge on any atom is 0.183 e. The molecule has 0 saturated carbocycles. The zero-order chi connectivity index (χ0) is 21.8. The van der Waals surface area contributed by atoms with Crippen molar-refractivity contribution in [1.82, 2.24) is 0 Å². The van der Waals surface area contributed by atoms with Crippen LogP contribution >= 0.6 is 11.6 Å². The average molecular weight is 447 g/mol. The van der Waals surface area contributed by atoms with Gasteiger partial charge in [-0.1, -0.05) is 41.9 Å². The molecule has 0 amide bonds. The quantitative estimate of drug-likeness (QED) is 0.429. The van der Waals surface area contributed by atoms with E-state index >= 15 is 4.39 Å². The van der Waals surface area contributed by atoms with Gasteiger partial charge in [-0.15, -0.1) is 0 Å². The first-order valence-corrected chi connectivity index (χ1v) is 10.8. The van der Waals surface area contributed by atoms with Gasteiger partial charge in [-0.2, -0.15) is 0 Å². The van der Waals surface area contributed by atoms with E-state index < -0.39 is 12.1 Å². The summed E-state index contributed by atoms with van der Waals surface area (Å²) in [5.74, 6) is -0.378. The Kier molecular flexibility index (Phi) is 7.18. The van der Waals surface area contributed by atoms with Gasteiger partial charge in [-0.25, -0.2) is 8.78 Å². The van der Waals surface area contributed by atoms with Gasteiger partial charge in [0, 0.05) is 30.6 Å². The number of rotatable bonds is 7. The molecule has 3 aromatic carbocycles. The predicted molar refractivity (Wildman–Crippen MR) is 117 cm³/mol. The maximum atomic E-state index is 15.1. The summed E-state index contributed by atoms with van der Waals surface area (Å²) in [6.45, 7) is 1.92. The summed E-state index contributed by atoms with van der Waals surface area (Å²) in [6, 6.07) is 13.9. The van der Waals surface area contributed by atoms with Gasteiger partial charge in [0.25, 0.3) is 0 Å². The standard InChI is InChI=1S/C25H25ClF2O3/c1-29-11-10-17-14-30-25(31-15-17)20-7-8-21-19(13-20)6-5-18(24(21)28)4-2-16-3-9-22(26)23(27)12-16/h3,5-9,12-13,17,25H,2,4,10-11,14-15H2,1H3. The number of fused-ring (bicyclic) bond motifs is 1. The van der Waals surface area contributed by atoms with Crippen LogP contribution in [0.3, 0.4) is 0 Å². The lowest BCUT2D eigenvalue weighted by atomic mass is 9.98. The van der Waals surface area contributed by atoms with Crippen LogP contribution in [0, 0.1) is 17.6 Å². The summed E-state index contributed by atoms with van der Waals surface area (Å²) >= 11 is 5.73. The zero-order valence-corrected chi connectivity index (χ0v) is 18.1. The number of halogens is 3. The lowest BCUT2D eigenvalue weighted by Gasteiger charge is -2.29. The van der Waals surface area contributed by atoms with Crippen molar-refractivity contribution in [2.75, 3.05) is 26.9 Å². The molecule has 0 bridgehead atoms. The highest BCUT2D eigenvalue weighted by Crippen LogP contribution is 2.30. The van der Waals surface area contributed by atoms with E-state index in [1.807, 2.05) is 18.2 Å². The Hall–Kier alpha value is -2.05. The fraction of sp³-hybridized carbons (Fsp3) is 0.360. The van der Waals surface area contributed by atoms with Crippen LogP contribution in [0.25, 0.3) is 10.8 Å². The molecule has 6 heteroatoms. The molecular weight excluding hydrogens is 422 g/mol. The third-order valence-electron chi connectivity index (χ3n) is 5.69. The topological polar surface area (TPSA) is 27.7 Å². The molecule has 4 rings (SSSR count). The van der Waals surface area contributed by atoms with Crippen LogP contribution in [-0.4, -0.2) is 26.9 Å². The molecule has 1 saturated heterocycles. The third kappa shape index (κ3) is 5.24. The minimum absolute atomic E-state index is 0.0906. The Morgan fingerprint density at radius 2 is 1.81 bits per heavy atom. The van der Waals surface area contributed by atoms with Gasteiger partial charge in [0.1, 0.15) is 11.6 Å². The van der Waals surface area contributed by atoms with Crippen molar-refractivity contribution in [2.45, 2.75) is 25.6 Å². The molecule has 0 N–H and O–H groups in total. The molecule has 0 aliphatic carbocycles. The van der Waals surface area contributed by atoms with E-state index in [0.29, 0.717) is 49.5 Å². The molecule has 31 heavy (non-hydrogen) atoms. The molecule has 1 aliphatic rings. The molecular formula is C25H25ClF2O3. The molecule has 1 fully saturated rings. The van der Waals surface area contributed by atoms with Crippen LogP contribution < -0.4 is 0 Å². The van der Waals surface area contributed by atoms with Crippen LogP contribution in [0.1, 0.15) is 29.4 Å². The number of ether oxygens (including phenoxy) is 3. The van der Waals surface area contributed by atoms with Gasteiger partial charge in [-0.05, 0) is 54.0 Å². The van der Waals surface area contributed by atoms with Crippen molar-refractivity contribution in [3.8, 4) is 0 Å².